The van der Waals surface area contributed by atoms with Gasteiger partial charge in [-0.15, -0.1) is 0 Å². The Hall–Kier alpha value is -3.54. The molecule has 0 unspecified atom stereocenters. The topological polar surface area (TPSA) is 94.8 Å². The number of ether oxygens (including phenoxy) is 1. The van der Waals surface area contributed by atoms with Crippen molar-refractivity contribution < 1.29 is 14.3 Å². The lowest BCUT2D eigenvalue weighted by Gasteiger charge is -2.28. The molecule has 2 amide bonds. The zero-order valence-corrected chi connectivity index (χ0v) is 19.9. The third-order valence-electron chi connectivity index (χ3n) is 5.52. The van der Waals surface area contributed by atoms with Crippen LogP contribution in [-0.2, 0) is 24.3 Å². The van der Waals surface area contributed by atoms with Crippen LogP contribution in [0.2, 0.25) is 10.0 Å². The predicted molar refractivity (Wildman–Crippen MR) is 129 cm³/mol. The fourth-order valence-corrected chi connectivity index (χ4v) is 4.45. The maximum absolute atomic E-state index is 13.0. The Kier molecular flexibility index (Phi) is 6.77. The first-order chi connectivity index (χ1) is 16.3. The fourth-order valence-electron chi connectivity index (χ4n) is 3.98. The molecule has 3 aromatic rings. The molecule has 1 aliphatic heterocycles. The summed E-state index contributed by atoms with van der Waals surface area (Å²) < 4.78 is 7.28. The first-order valence-electron chi connectivity index (χ1n) is 10.6. The number of halogens is 2. The average Bonchev–Trinajstić information content (AvgIpc) is 3.18. The zero-order valence-electron chi connectivity index (χ0n) is 18.3. The van der Waals surface area contributed by atoms with Crippen LogP contribution in [-0.4, -0.2) is 39.6 Å². The maximum atomic E-state index is 13.0. The minimum Gasteiger partial charge on any atom is -0.494 e. The van der Waals surface area contributed by atoms with E-state index in [1.54, 1.807) is 46.0 Å². The molecule has 0 spiro atoms. The molecule has 2 heterocycles. The van der Waals surface area contributed by atoms with Crippen LogP contribution in [0, 0.1) is 6.57 Å². The van der Waals surface area contributed by atoms with E-state index in [1.807, 2.05) is 6.92 Å². The zero-order chi connectivity index (χ0) is 24.4. The highest BCUT2D eigenvalue weighted by Gasteiger charge is 2.30. The van der Waals surface area contributed by atoms with Crippen LogP contribution in [0.5, 0.6) is 5.75 Å². The Morgan fingerprint density at radius 2 is 2.00 bits per heavy atom. The number of nitrogens with zero attached hydrogens (tertiary/aromatic N) is 4. The van der Waals surface area contributed by atoms with Gasteiger partial charge in [-0.1, -0.05) is 41.4 Å². The number of carbonyl (C=O) groups is 2. The van der Waals surface area contributed by atoms with E-state index < -0.39 is 5.91 Å². The molecule has 34 heavy (non-hydrogen) atoms. The molecule has 0 aliphatic carbocycles. The van der Waals surface area contributed by atoms with Gasteiger partial charge >= 0.3 is 0 Å². The van der Waals surface area contributed by atoms with Gasteiger partial charge in [-0.05, 0) is 30.7 Å². The van der Waals surface area contributed by atoms with E-state index in [9.17, 15) is 9.59 Å². The van der Waals surface area contributed by atoms with Gasteiger partial charge in [-0.3, -0.25) is 14.3 Å². The molecule has 0 bridgehead atoms. The lowest BCUT2D eigenvalue weighted by atomic mass is 10.0. The first kappa shape index (κ1) is 23.6. The monoisotopic (exact) mass is 497 g/mol. The Balaban J connectivity index is 1.63. The van der Waals surface area contributed by atoms with Crippen molar-refractivity contribution in [3.8, 4) is 17.0 Å². The number of fused-ring (bicyclic) bond motifs is 1. The number of carbonyl (C=O) groups excluding carboxylic acids is 2. The third kappa shape index (κ3) is 4.72. The number of primary amides is 1. The molecule has 1 aliphatic rings. The second-order valence-corrected chi connectivity index (χ2v) is 8.60. The molecule has 1 aromatic heterocycles. The second kappa shape index (κ2) is 9.75. The molecule has 8 nitrogen and oxygen atoms in total. The highest BCUT2D eigenvalue weighted by molar-refractivity contribution is 6.33. The Labute approximate surface area is 206 Å². The van der Waals surface area contributed by atoms with Crippen molar-refractivity contribution in [2.45, 2.75) is 26.4 Å². The van der Waals surface area contributed by atoms with Crippen LogP contribution in [0.15, 0.2) is 36.4 Å². The van der Waals surface area contributed by atoms with Gasteiger partial charge in [0.05, 0.1) is 43.9 Å². The quantitative estimate of drug-likeness (QED) is 0.507. The molecule has 2 N–H and O–H groups in total. The summed E-state index contributed by atoms with van der Waals surface area (Å²) in [5, 5.41) is 5.37. The van der Waals surface area contributed by atoms with E-state index in [0.29, 0.717) is 63.7 Å². The van der Waals surface area contributed by atoms with Gasteiger partial charge in [-0.25, -0.2) is 4.85 Å². The van der Waals surface area contributed by atoms with E-state index in [4.69, 9.17) is 40.2 Å². The normalized spacial score (nSPS) is 12.7. The summed E-state index contributed by atoms with van der Waals surface area (Å²) in [6, 6.07) is 10.1. The lowest BCUT2D eigenvalue weighted by Crippen LogP contribution is -2.40. The lowest BCUT2D eigenvalue weighted by molar-refractivity contribution is -0.132. The fraction of sp³-hybridized carbons (Fsp3) is 0.250. The summed E-state index contributed by atoms with van der Waals surface area (Å²) >= 11 is 12.4. The van der Waals surface area contributed by atoms with E-state index in [1.165, 1.54) is 0 Å². The van der Waals surface area contributed by atoms with E-state index in [-0.39, 0.29) is 24.4 Å². The third-order valence-corrected chi connectivity index (χ3v) is 6.04. The van der Waals surface area contributed by atoms with Crippen LogP contribution < -0.4 is 10.5 Å². The van der Waals surface area contributed by atoms with E-state index >= 15 is 0 Å². The Morgan fingerprint density at radius 3 is 2.68 bits per heavy atom. The van der Waals surface area contributed by atoms with Crippen molar-refractivity contribution in [3.63, 3.8) is 0 Å². The Bertz CT molecular complexity index is 1330. The summed E-state index contributed by atoms with van der Waals surface area (Å²) in [5.41, 5.74) is 8.63. The molecule has 0 saturated heterocycles. The van der Waals surface area contributed by atoms with E-state index in [2.05, 4.69) is 9.94 Å². The summed E-state index contributed by atoms with van der Waals surface area (Å²) in [6.45, 7) is 10.5. The van der Waals surface area contributed by atoms with E-state index in [0.717, 1.165) is 0 Å². The number of nitrogens with two attached hydrogens (primary N) is 1. The molecule has 4 rings (SSSR count). The SMILES string of the molecule is [C-]#[N+]c1ccc(CC(=O)N2CCn3nc(-c4cc(Cl)cc(OCC)c4)c(C(N)=O)c3C2)cc1Cl. The van der Waals surface area contributed by atoms with Gasteiger partial charge in [0.15, 0.2) is 0 Å². The van der Waals surface area contributed by atoms with Gasteiger partial charge in [0.1, 0.15) is 11.4 Å². The summed E-state index contributed by atoms with van der Waals surface area (Å²) in [6.07, 6.45) is 0.122. The van der Waals surface area contributed by atoms with Crippen molar-refractivity contribution in [3.05, 3.63) is 74.7 Å². The Morgan fingerprint density at radius 1 is 1.21 bits per heavy atom. The van der Waals surface area contributed by atoms with Crippen molar-refractivity contribution in [2.75, 3.05) is 13.2 Å². The minimum absolute atomic E-state index is 0.122. The van der Waals surface area contributed by atoms with Crippen molar-refractivity contribution >= 4 is 40.7 Å². The van der Waals surface area contributed by atoms with Gasteiger partial charge < -0.3 is 15.4 Å². The number of rotatable bonds is 6. The van der Waals surface area contributed by atoms with Crippen molar-refractivity contribution in [1.29, 1.82) is 0 Å². The van der Waals surface area contributed by atoms with Crippen LogP contribution in [0.3, 0.4) is 0 Å². The highest BCUT2D eigenvalue weighted by atomic mass is 35.5. The van der Waals surface area contributed by atoms with Crippen molar-refractivity contribution in [1.82, 2.24) is 14.7 Å². The molecule has 10 heteroatoms. The molecule has 0 saturated carbocycles. The summed E-state index contributed by atoms with van der Waals surface area (Å²) in [7, 11) is 0. The molecular weight excluding hydrogens is 477 g/mol. The van der Waals surface area contributed by atoms with Crippen LogP contribution >= 0.6 is 23.2 Å². The number of aromatic nitrogens is 2. The molecule has 0 fully saturated rings. The van der Waals surface area contributed by atoms with Crippen LogP contribution in [0.4, 0.5) is 5.69 Å². The van der Waals surface area contributed by atoms with Gasteiger partial charge in [0, 0.05) is 22.2 Å². The van der Waals surface area contributed by atoms with Crippen molar-refractivity contribution in [2.24, 2.45) is 5.73 Å². The standard InChI is InChI=1S/C24H21Cl2N5O3/c1-3-34-17-11-15(10-16(25)12-17)23-22(24(27)33)20-13-30(6-7-31(20)29-23)21(32)9-14-4-5-19(28-2)18(26)8-14/h4-5,8,10-12H,3,6-7,9,13H2,1H3,(H2,27,33). The molecule has 0 radical (unpaired) electrons. The van der Waals surface area contributed by atoms with Gasteiger partial charge in [0.2, 0.25) is 11.6 Å². The number of amides is 2. The molecule has 0 atom stereocenters. The summed E-state index contributed by atoms with van der Waals surface area (Å²) in [5.74, 6) is -0.200. The number of hydrogen-bond acceptors (Lipinski definition) is 4. The molecule has 174 valence electrons. The number of hydrogen-bond donors (Lipinski definition) is 1. The first-order valence-corrected chi connectivity index (χ1v) is 11.3. The second-order valence-electron chi connectivity index (χ2n) is 7.76. The van der Waals surface area contributed by atoms with Gasteiger partial charge in [-0.2, -0.15) is 5.10 Å². The smallest absolute Gasteiger partial charge is 0.252 e. The average molecular weight is 498 g/mol. The minimum atomic E-state index is -0.634. The molecular formula is C24H21Cl2N5O3. The predicted octanol–water partition coefficient (Wildman–Crippen LogP) is 4.49. The van der Waals surface area contributed by atoms with Gasteiger partial charge in [0.25, 0.3) is 5.91 Å². The summed E-state index contributed by atoms with van der Waals surface area (Å²) in [4.78, 5) is 30.4. The maximum Gasteiger partial charge on any atom is 0.252 e. The largest absolute Gasteiger partial charge is 0.494 e. The van der Waals surface area contributed by atoms with Crippen LogP contribution in [0.1, 0.15) is 28.5 Å². The van der Waals surface area contributed by atoms with Crippen LogP contribution in [0.25, 0.3) is 16.1 Å². The number of benzene rings is 2. The molecule has 2 aromatic carbocycles. The highest BCUT2D eigenvalue weighted by Crippen LogP contribution is 2.33.